The van der Waals surface area contributed by atoms with Gasteiger partial charge in [0.15, 0.2) is 4.32 Å². The van der Waals surface area contributed by atoms with E-state index in [2.05, 4.69) is 5.43 Å². The molecule has 1 N–H and O–H groups in total. The first-order chi connectivity index (χ1) is 14.5. The SMILES string of the molecule is CCOc1ccc(/C=C2/SC(=S)N(NC(=O)C34CC5CC(CC(C5)C3)C4)C2=O)cc1. The van der Waals surface area contributed by atoms with Crippen LogP contribution < -0.4 is 10.2 Å². The van der Waals surface area contributed by atoms with E-state index in [4.69, 9.17) is 17.0 Å². The highest BCUT2D eigenvalue weighted by atomic mass is 32.2. The number of benzene rings is 1. The fourth-order valence-corrected chi connectivity index (χ4v) is 7.33. The number of thiocarbonyl (C=S) groups is 1. The minimum atomic E-state index is -0.309. The summed E-state index contributed by atoms with van der Waals surface area (Å²) in [6, 6.07) is 7.58. The second-order valence-electron chi connectivity index (χ2n) is 9.16. The fraction of sp³-hybridized carbons (Fsp3) is 0.522. The van der Waals surface area contributed by atoms with Crippen molar-refractivity contribution in [3.63, 3.8) is 0 Å². The molecule has 1 aromatic carbocycles. The van der Waals surface area contributed by atoms with E-state index in [1.807, 2.05) is 37.3 Å². The van der Waals surface area contributed by atoms with Gasteiger partial charge in [-0.15, -0.1) is 0 Å². The molecule has 4 saturated carbocycles. The van der Waals surface area contributed by atoms with Gasteiger partial charge in [0.05, 0.1) is 16.9 Å². The molecule has 30 heavy (non-hydrogen) atoms. The Morgan fingerprint density at radius 2 is 1.80 bits per heavy atom. The molecular weight excluding hydrogens is 416 g/mol. The molecule has 5 fully saturated rings. The van der Waals surface area contributed by atoms with Crippen molar-refractivity contribution in [2.75, 3.05) is 6.61 Å². The van der Waals surface area contributed by atoms with E-state index in [9.17, 15) is 9.59 Å². The zero-order chi connectivity index (χ0) is 20.9. The van der Waals surface area contributed by atoms with Crippen LogP contribution in [0.1, 0.15) is 51.0 Å². The summed E-state index contributed by atoms with van der Waals surface area (Å²) in [5.74, 6) is 2.55. The standard InChI is InChI=1S/C23H26N2O3S2/c1-2-28-18-5-3-14(4-6-18)10-19-20(26)25(22(29)30-19)24-21(27)23-11-15-7-16(12-23)9-17(8-15)13-23/h3-6,10,15-17H,2,7-9,11-13H2,1H3,(H,24,27)/b19-10+. The van der Waals surface area contributed by atoms with Gasteiger partial charge in [0, 0.05) is 0 Å². The second kappa shape index (κ2) is 7.68. The van der Waals surface area contributed by atoms with Crippen LogP contribution in [0, 0.1) is 23.2 Å². The van der Waals surface area contributed by atoms with E-state index < -0.39 is 0 Å². The number of carbonyl (C=O) groups is 2. The van der Waals surface area contributed by atoms with Gasteiger partial charge in [-0.2, -0.15) is 5.01 Å². The number of hydrogen-bond donors (Lipinski definition) is 1. The maximum Gasteiger partial charge on any atom is 0.285 e. The summed E-state index contributed by atoms with van der Waals surface area (Å²) < 4.78 is 5.85. The molecule has 5 nitrogen and oxygen atoms in total. The Morgan fingerprint density at radius 3 is 2.37 bits per heavy atom. The first-order valence-corrected chi connectivity index (χ1v) is 12.0. The molecule has 4 bridgehead atoms. The van der Waals surface area contributed by atoms with Gasteiger partial charge in [-0.25, -0.2) is 0 Å². The summed E-state index contributed by atoms with van der Waals surface area (Å²) in [5.41, 5.74) is 3.49. The number of thioether (sulfide) groups is 1. The van der Waals surface area contributed by atoms with Crippen molar-refractivity contribution in [1.29, 1.82) is 0 Å². The molecule has 0 unspecified atom stereocenters. The van der Waals surface area contributed by atoms with Crippen molar-refractivity contribution in [3.05, 3.63) is 34.7 Å². The predicted molar refractivity (Wildman–Crippen MR) is 121 cm³/mol. The Morgan fingerprint density at radius 1 is 1.20 bits per heavy atom. The molecule has 1 heterocycles. The monoisotopic (exact) mass is 442 g/mol. The van der Waals surface area contributed by atoms with Crippen LogP contribution in [0.25, 0.3) is 6.08 Å². The van der Waals surface area contributed by atoms with Crippen LogP contribution in [0.4, 0.5) is 0 Å². The lowest BCUT2D eigenvalue weighted by Crippen LogP contribution is -2.57. The zero-order valence-corrected chi connectivity index (χ0v) is 18.7. The highest BCUT2D eigenvalue weighted by Gasteiger charge is 2.55. The molecule has 0 radical (unpaired) electrons. The highest BCUT2D eigenvalue weighted by molar-refractivity contribution is 8.26. The third-order valence-corrected chi connectivity index (χ3v) is 8.32. The normalized spacial score (nSPS) is 33.4. The lowest BCUT2D eigenvalue weighted by Gasteiger charge is -2.55. The zero-order valence-electron chi connectivity index (χ0n) is 17.1. The van der Waals surface area contributed by atoms with Gasteiger partial charge in [0.25, 0.3) is 5.91 Å². The van der Waals surface area contributed by atoms with E-state index in [0.29, 0.717) is 33.6 Å². The Bertz CT molecular complexity index is 890. The van der Waals surface area contributed by atoms with Crippen molar-refractivity contribution in [2.45, 2.75) is 45.4 Å². The van der Waals surface area contributed by atoms with Crippen molar-refractivity contribution in [2.24, 2.45) is 23.2 Å². The predicted octanol–water partition coefficient (Wildman–Crippen LogP) is 4.53. The molecule has 6 rings (SSSR count). The van der Waals surface area contributed by atoms with Gasteiger partial charge >= 0.3 is 0 Å². The topological polar surface area (TPSA) is 58.6 Å². The highest BCUT2D eigenvalue weighted by Crippen LogP contribution is 2.60. The molecule has 0 atom stereocenters. The van der Waals surface area contributed by atoms with Crippen molar-refractivity contribution >= 4 is 46.2 Å². The first kappa shape index (κ1) is 20.1. The van der Waals surface area contributed by atoms with E-state index in [0.717, 1.165) is 30.6 Å². The van der Waals surface area contributed by atoms with E-state index in [-0.39, 0.29) is 17.2 Å². The van der Waals surface area contributed by atoms with Crippen LogP contribution in [0.2, 0.25) is 0 Å². The lowest BCUT2D eigenvalue weighted by atomic mass is 9.49. The maximum atomic E-state index is 13.3. The number of nitrogens with one attached hydrogen (secondary N) is 1. The average Bonchev–Trinajstić information content (AvgIpc) is 2.96. The molecule has 2 amide bonds. The lowest BCUT2D eigenvalue weighted by molar-refractivity contribution is -0.152. The Labute approximate surface area is 186 Å². The molecule has 158 valence electrons. The van der Waals surface area contributed by atoms with E-state index in [1.54, 1.807) is 0 Å². The summed E-state index contributed by atoms with van der Waals surface area (Å²) in [7, 11) is 0. The van der Waals surface area contributed by atoms with Gasteiger partial charge in [-0.05, 0) is 99.2 Å². The Balaban J connectivity index is 1.29. The van der Waals surface area contributed by atoms with Crippen molar-refractivity contribution in [1.82, 2.24) is 10.4 Å². The minimum Gasteiger partial charge on any atom is -0.494 e. The van der Waals surface area contributed by atoms with Gasteiger partial charge < -0.3 is 4.74 Å². The first-order valence-electron chi connectivity index (χ1n) is 10.8. The number of carbonyl (C=O) groups excluding carboxylic acids is 2. The van der Waals surface area contributed by atoms with Crippen LogP contribution in [0.3, 0.4) is 0 Å². The van der Waals surface area contributed by atoms with Gasteiger partial charge in [-0.3, -0.25) is 15.0 Å². The third-order valence-electron chi connectivity index (χ3n) is 7.02. The molecule has 1 saturated heterocycles. The molecule has 1 aliphatic heterocycles. The van der Waals surface area contributed by atoms with Gasteiger partial charge in [0.2, 0.25) is 5.91 Å². The average molecular weight is 443 g/mol. The molecule has 0 spiro atoms. The third kappa shape index (κ3) is 3.56. The fourth-order valence-electron chi connectivity index (χ4n) is 6.15. The van der Waals surface area contributed by atoms with Crippen molar-refractivity contribution in [3.8, 4) is 5.75 Å². The van der Waals surface area contributed by atoms with Crippen LogP contribution in [0.15, 0.2) is 29.2 Å². The Kier molecular flexibility index (Phi) is 5.14. The number of amides is 2. The number of nitrogens with zero attached hydrogens (tertiary/aromatic N) is 1. The molecule has 0 aromatic heterocycles. The molecule has 1 aromatic rings. The van der Waals surface area contributed by atoms with Crippen LogP contribution >= 0.6 is 24.0 Å². The van der Waals surface area contributed by atoms with Gasteiger partial charge in [0.1, 0.15) is 5.75 Å². The smallest absolute Gasteiger partial charge is 0.285 e. The maximum absolute atomic E-state index is 13.3. The largest absolute Gasteiger partial charge is 0.494 e. The molecular formula is C23H26N2O3S2. The number of hydrazine groups is 1. The number of hydrogen-bond acceptors (Lipinski definition) is 5. The minimum absolute atomic E-state index is 0.0137. The van der Waals surface area contributed by atoms with Crippen LogP contribution in [0.5, 0.6) is 5.75 Å². The second-order valence-corrected chi connectivity index (χ2v) is 10.8. The number of ether oxygens (including phenoxy) is 1. The molecule has 5 aliphatic rings. The quantitative estimate of drug-likeness (QED) is 0.536. The van der Waals surface area contributed by atoms with Crippen LogP contribution in [-0.4, -0.2) is 27.8 Å². The summed E-state index contributed by atoms with van der Waals surface area (Å²) in [4.78, 5) is 26.8. The van der Waals surface area contributed by atoms with Gasteiger partial charge in [-0.1, -0.05) is 23.9 Å². The Hall–Kier alpha value is -1.86. The summed E-state index contributed by atoms with van der Waals surface area (Å²) in [6.07, 6.45) is 8.52. The van der Waals surface area contributed by atoms with Crippen molar-refractivity contribution < 1.29 is 14.3 Å². The molecule has 7 heteroatoms. The van der Waals surface area contributed by atoms with E-state index in [1.165, 1.54) is 36.0 Å². The number of rotatable bonds is 5. The summed E-state index contributed by atoms with van der Waals surface area (Å²) in [6.45, 7) is 2.55. The summed E-state index contributed by atoms with van der Waals surface area (Å²) >= 11 is 6.65. The van der Waals surface area contributed by atoms with E-state index >= 15 is 0 Å². The van der Waals surface area contributed by atoms with Crippen LogP contribution in [-0.2, 0) is 9.59 Å². The summed E-state index contributed by atoms with van der Waals surface area (Å²) in [5, 5.41) is 1.28. The molecule has 4 aliphatic carbocycles.